The monoisotopic (exact) mass is 376 g/mol. The van der Waals surface area contributed by atoms with Crippen LogP contribution in [0, 0.1) is 10.1 Å². The fourth-order valence-corrected chi connectivity index (χ4v) is 3.28. The molecule has 3 aromatic carbocycles. The van der Waals surface area contributed by atoms with Crippen LogP contribution in [0.4, 0.5) is 22.7 Å². The Bertz CT molecular complexity index is 1110. The number of hydrogen-bond acceptors (Lipinski definition) is 5. The van der Waals surface area contributed by atoms with Crippen LogP contribution in [0.1, 0.15) is 6.42 Å². The first-order chi connectivity index (χ1) is 13.5. The van der Waals surface area contributed by atoms with Crippen molar-refractivity contribution in [3.8, 4) is 0 Å². The molecule has 140 valence electrons. The van der Waals surface area contributed by atoms with Gasteiger partial charge in [-0.15, -0.1) is 0 Å². The van der Waals surface area contributed by atoms with Gasteiger partial charge in [-0.1, -0.05) is 30.3 Å². The van der Waals surface area contributed by atoms with Gasteiger partial charge in [-0.25, -0.2) is 0 Å². The van der Waals surface area contributed by atoms with E-state index in [0.717, 1.165) is 16.5 Å². The maximum Gasteiger partial charge on any atom is 0.271 e. The van der Waals surface area contributed by atoms with Crippen molar-refractivity contribution in [2.45, 2.75) is 12.5 Å². The second kappa shape index (κ2) is 6.99. The summed E-state index contributed by atoms with van der Waals surface area (Å²) in [6, 6.07) is 16.2. The van der Waals surface area contributed by atoms with Crippen LogP contribution in [0.3, 0.4) is 0 Å². The van der Waals surface area contributed by atoms with Crippen LogP contribution in [0.25, 0.3) is 10.8 Å². The summed E-state index contributed by atoms with van der Waals surface area (Å²) in [6.45, 7) is 0. The van der Waals surface area contributed by atoms with E-state index >= 15 is 0 Å². The Morgan fingerprint density at radius 3 is 2.54 bits per heavy atom. The number of anilines is 3. The summed E-state index contributed by atoms with van der Waals surface area (Å²) in [5.41, 5.74) is 1.63. The van der Waals surface area contributed by atoms with Crippen molar-refractivity contribution in [3.05, 3.63) is 70.8 Å². The quantitative estimate of drug-likeness (QED) is 0.476. The van der Waals surface area contributed by atoms with E-state index in [9.17, 15) is 19.7 Å². The van der Waals surface area contributed by atoms with Crippen molar-refractivity contribution < 1.29 is 14.5 Å². The molecule has 1 atom stereocenters. The number of benzene rings is 3. The smallest absolute Gasteiger partial charge is 0.271 e. The van der Waals surface area contributed by atoms with E-state index in [-0.39, 0.29) is 18.0 Å². The Kier molecular flexibility index (Phi) is 4.36. The Morgan fingerprint density at radius 2 is 1.79 bits per heavy atom. The molecule has 4 rings (SSSR count). The predicted molar refractivity (Wildman–Crippen MR) is 106 cm³/mol. The number of rotatable bonds is 4. The topological polar surface area (TPSA) is 113 Å². The minimum absolute atomic E-state index is 0.120. The third-order valence-corrected chi connectivity index (χ3v) is 4.54. The van der Waals surface area contributed by atoms with Crippen LogP contribution in [0.2, 0.25) is 0 Å². The molecule has 0 radical (unpaired) electrons. The summed E-state index contributed by atoms with van der Waals surface area (Å²) in [6.07, 6.45) is -0.126. The van der Waals surface area contributed by atoms with Gasteiger partial charge in [0.25, 0.3) is 5.69 Å². The van der Waals surface area contributed by atoms with Gasteiger partial charge in [-0.05, 0) is 23.6 Å². The predicted octanol–water partition coefficient (Wildman–Crippen LogP) is 3.51. The standard InChI is InChI=1S/C20H16N4O4/c25-18(21-13-6-3-7-14(10-13)24(27)28)11-17-20(26)23-16-9-2-5-12-4-1-8-15(22-17)19(12)16/h1-10,17,22H,11H2,(H,21,25)(H,23,26)/t17-/m1/s1. The Morgan fingerprint density at radius 1 is 1.07 bits per heavy atom. The molecule has 0 unspecified atom stereocenters. The highest BCUT2D eigenvalue weighted by molar-refractivity contribution is 6.13. The molecule has 0 spiro atoms. The largest absolute Gasteiger partial charge is 0.373 e. The third-order valence-electron chi connectivity index (χ3n) is 4.54. The number of nitrogens with one attached hydrogen (secondary N) is 3. The minimum atomic E-state index is -0.781. The molecule has 0 aliphatic carbocycles. The zero-order valence-corrected chi connectivity index (χ0v) is 14.6. The van der Waals surface area contributed by atoms with Crippen molar-refractivity contribution in [1.82, 2.24) is 0 Å². The molecule has 28 heavy (non-hydrogen) atoms. The zero-order valence-electron chi connectivity index (χ0n) is 14.6. The first kappa shape index (κ1) is 17.5. The highest BCUT2D eigenvalue weighted by Crippen LogP contribution is 2.33. The van der Waals surface area contributed by atoms with E-state index in [4.69, 9.17) is 0 Å². The van der Waals surface area contributed by atoms with Crippen molar-refractivity contribution in [2.24, 2.45) is 0 Å². The second-order valence-corrected chi connectivity index (χ2v) is 6.46. The third kappa shape index (κ3) is 3.35. The molecular formula is C20H16N4O4. The zero-order chi connectivity index (χ0) is 19.7. The molecule has 3 N–H and O–H groups in total. The van der Waals surface area contributed by atoms with E-state index < -0.39 is 16.9 Å². The number of nitrogens with zero attached hydrogens (tertiary/aromatic N) is 1. The molecule has 8 heteroatoms. The van der Waals surface area contributed by atoms with E-state index in [1.165, 1.54) is 18.2 Å². The SMILES string of the molecule is O=C(C[C@H]1Nc2cccc3cccc(c23)NC1=O)Nc1cccc([N+](=O)[O-])c1. The maximum atomic E-state index is 12.6. The molecular weight excluding hydrogens is 360 g/mol. The van der Waals surface area contributed by atoms with Crippen molar-refractivity contribution >= 4 is 45.3 Å². The molecule has 0 fully saturated rings. The second-order valence-electron chi connectivity index (χ2n) is 6.46. The van der Waals surface area contributed by atoms with E-state index in [2.05, 4.69) is 16.0 Å². The highest BCUT2D eigenvalue weighted by Gasteiger charge is 2.26. The van der Waals surface area contributed by atoms with Crippen molar-refractivity contribution in [3.63, 3.8) is 0 Å². The fraction of sp³-hybridized carbons (Fsp3) is 0.100. The van der Waals surface area contributed by atoms with Gasteiger partial charge in [-0.3, -0.25) is 19.7 Å². The highest BCUT2D eigenvalue weighted by atomic mass is 16.6. The molecule has 1 aliphatic rings. The average molecular weight is 376 g/mol. The molecule has 0 bridgehead atoms. The van der Waals surface area contributed by atoms with Gasteiger partial charge in [0.05, 0.1) is 17.0 Å². The van der Waals surface area contributed by atoms with Crippen LogP contribution in [-0.2, 0) is 9.59 Å². The van der Waals surface area contributed by atoms with Gasteiger partial charge >= 0.3 is 0 Å². The summed E-state index contributed by atoms with van der Waals surface area (Å²) in [5.74, 6) is -0.746. The van der Waals surface area contributed by atoms with E-state index in [1.807, 2.05) is 36.4 Å². The van der Waals surface area contributed by atoms with Crippen LogP contribution >= 0.6 is 0 Å². The van der Waals surface area contributed by atoms with Crippen molar-refractivity contribution in [2.75, 3.05) is 16.0 Å². The van der Waals surface area contributed by atoms with E-state index in [0.29, 0.717) is 11.4 Å². The van der Waals surface area contributed by atoms with Crippen LogP contribution < -0.4 is 16.0 Å². The molecule has 1 aliphatic heterocycles. The molecule has 3 aromatic rings. The summed E-state index contributed by atoms with van der Waals surface area (Å²) in [4.78, 5) is 35.4. The number of non-ortho nitro benzene ring substituents is 1. The number of amides is 2. The van der Waals surface area contributed by atoms with Gasteiger partial charge in [-0.2, -0.15) is 0 Å². The maximum absolute atomic E-state index is 12.6. The van der Waals surface area contributed by atoms with E-state index in [1.54, 1.807) is 6.07 Å². The number of carbonyl (C=O) groups excluding carboxylic acids is 2. The van der Waals surface area contributed by atoms with Crippen LogP contribution in [0.5, 0.6) is 0 Å². The molecule has 1 heterocycles. The number of nitro groups is 1. The Labute approximate surface area is 159 Å². The summed E-state index contributed by atoms with van der Waals surface area (Å²) in [7, 11) is 0. The minimum Gasteiger partial charge on any atom is -0.373 e. The van der Waals surface area contributed by atoms with Crippen molar-refractivity contribution in [1.29, 1.82) is 0 Å². The lowest BCUT2D eigenvalue weighted by Gasteiger charge is -2.16. The van der Waals surface area contributed by atoms with Gasteiger partial charge in [0, 0.05) is 28.9 Å². The summed E-state index contributed by atoms with van der Waals surface area (Å²) >= 11 is 0. The number of nitro benzene ring substituents is 1. The molecule has 0 saturated carbocycles. The first-order valence-electron chi connectivity index (χ1n) is 8.65. The van der Waals surface area contributed by atoms with Gasteiger partial charge in [0.1, 0.15) is 6.04 Å². The lowest BCUT2D eigenvalue weighted by Crippen LogP contribution is -2.36. The van der Waals surface area contributed by atoms with Gasteiger partial charge in [0.15, 0.2) is 0 Å². The lowest BCUT2D eigenvalue weighted by molar-refractivity contribution is -0.384. The summed E-state index contributed by atoms with van der Waals surface area (Å²) < 4.78 is 0. The first-order valence-corrected chi connectivity index (χ1v) is 8.65. The van der Waals surface area contributed by atoms with Crippen LogP contribution in [0.15, 0.2) is 60.7 Å². The van der Waals surface area contributed by atoms with Gasteiger partial charge < -0.3 is 16.0 Å². The number of hydrogen-bond donors (Lipinski definition) is 3. The molecule has 8 nitrogen and oxygen atoms in total. The molecule has 0 aromatic heterocycles. The normalized spacial score (nSPS) is 15.3. The summed E-state index contributed by atoms with van der Waals surface area (Å²) in [5, 5.41) is 21.3. The van der Waals surface area contributed by atoms with Gasteiger partial charge in [0.2, 0.25) is 11.8 Å². The average Bonchev–Trinajstić information content (AvgIpc) is 2.80. The Hall–Kier alpha value is -3.94. The number of carbonyl (C=O) groups is 2. The fourth-order valence-electron chi connectivity index (χ4n) is 3.28. The molecule has 2 amide bonds. The Balaban J connectivity index is 1.54. The van der Waals surface area contributed by atoms with Crippen LogP contribution in [-0.4, -0.2) is 22.8 Å². The molecule has 0 saturated heterocycles. The lowest BCUT2D eigenvalue weighted by atomic mass is 10.1.